The molecular weight excluding hydrogens is 244 g/mol. The molecule has 2 aliphatic heterocycles. The monoisotopic (exact) mass is 268 g/mol. The summed E-state index contributed by atoms with van der Waals surface area (Å²) in [4.78, 5) is 28.2. The average molecular weight is 268 g/mol. The Morgan fingerprint density at radius 1 is 1.11 bits per heavy atom. The molecule has 0 aromatic carbocycles. The van der Waals surface area contributed by atoms with Gasteiger partial charge in [-0.1, -0.05) is 6.42 Å². The van der Waals surface area contributed by atoms with Crippen molar-refractivity contribution in [3.63, 3.8) is 0 Å². The summed E-state index contributed by atoms with van der Waals surface area (Å²) in [6.07, 6.45) is 5.06. The highest BCUT2D eigenvalue weighted by Gasteiger charge is 2.37. The summed E-state index contributed by atoms with van der Waals surface area (Å²) in [6.45, 7) is 4.45. The van der Waals surface area contributed by atoms with E-state index in [2.05, 4.69) is 0 Å². The first-order chi connectivity index (χ1) is 9.15. The normalized spacial score (nSPS) is 26.2. The highest BCUT2D eigenvalue weighted by atomic mass is 16.5. The van der Waals surface area contributed by atoms with E-state index in [1.807, 2.05) is 16.7 Å². The second-order valence-corrected chi connectivity index (χ2v) is 5.48. The molecule has 108 valence electrons. The van der Waals surface area contributed by atoms with Crippen LogP contribution in [0.1, 0.15) is 39.0 Å². The highest BCUT2D eigenvalue weighted by molar-refractivity contribution is 5.83. The van der Waals surface area contributed by atoms with E-state index in [1.165, 1.54) is 7.11 Å². The van der Waals surface area contributed by atoms with Gasteiger partial charge in [-0.3, -0.25) is 14.5 Å². The number of ether oxygens (including phenoxy) is 1. The van der Waals surface area contributed by atoms with Crippen molar-refractivity contribution in [2.75, 3.05) is 26.7 Å². The lowest BCUT2D eigenvalue weighted by Gasteiger charge is -2.38. The lowest BCUT2D eigenvalue weighted by Crippen LogP contribution is -2.55. The van der Waals surface area contributed by atoms with Crippen LogP contribution in [-0.2, 0) is 14.3 Å². The first-order valence-electron chi connectivity index (χ1n) is 7.27. The predicted molar refractivity (Wildman–Crippen MR) is 71.6 cm³/mol. The summed E-state index contributed by atoms with van der Waals surface area (Å²) in [5, 5.41) is 0. The van der Waals surface area contributed by atoms with Crippen molar-refractivity contribution in [3.8, 4) is 0 Å². The Morgan fingerprint density at radius 3 is 2.37 bits per heavy atom. The van der Waals surface area contributed by atoms with Gasteiger partial charge < -0.3 is 9.64 Å². The smallest absolute Gasteiger partial charge is 0.323 e. The van der Waals surface area contributed by atoms with Crippen molar-refractivity contribution in [1.82, 2.24) is 9.80 Å². The summed E-state index contributed by atoms with van der Waals surface area (Å²) < 4.78 is 4.87. The summed E-state index contributed by atoms with van der Waals surface area (Å²) >= 11 is 0. The van der Waals surface area contributed by atoms with E-state index in [-0.39, 0.29) is 24.0 Å². The van der Waals surface area contributed by atoms with E-state index in [9.17, 15) is 9.59 Å². The molecule has 2 saturated heterocycles. The topological polar surface area (TPSA) is 49.9 Å². The number of esters is 1. The first kappa shape index (κ1) is 14.3. The van der Waals surface area contributed by atoms with Gasteiger partial charge in [-0.05, 0) is 39.2 Å². The molecule has 2 heterocycles. The lowest BCUT2D eigenvalue weighted by molar-refractivity contribution is -0.152. The Kier molecular flexibility index (Phi) is 4.80. The van der Waals surface area contributed by atoms with Gasteiger partial charge >= 0.3 is 5.97 Å². The number of carbonyl (C=O) groups excluding carboxylic acids is 2. The maximum absolute atomic E-state index is 12.4. The molecule has 0 radical (unpaired) electrons. The fourth-order valence-electron chi connectivity index (χ4n) is 3.15. The SMILES string of the molecule is COC(=O)C1CCCCN1C(C)C(=O)N1CCCC1. The van der Waals surface area contributed by atoms with Crippen molar-refractivity contribution < 1.29 is 14.3 Å². The van der Waals surface area contributed by atoms with E-state index in [4.69, 9.17) is 4.74 Å². The molecule has 0 aromatic rings. The molecule has 5 nitrogen and oxygen atoms in total. The quantitative estimate of drug-likeness (QED) is 0.717. The highest BCUT2D eigenvalue weighted by Crippen LogP contribution is 2.22. The molecule has 2 rings (SSSR count). The number of hydrogen-bond donors (Lipinski definition) is 0. The van der Waals surface area contributed by atoms with Crippen LogP contribution in [0.3, 0.4) is 0 Å². The van der Waals surface area contributed by atoms with Gasteiger partial charge in [-0.25, -0.2) is 0 Å². The lowest BCUT2D eigenvalue weighted by atomic mass is 9.99. The van der Waals surface area contributed by atoms with Crippen LogP contribution in [0, 0.1) is 0 Å². The van der Waals surface area contributed by atoms with E-state index >= 15 is 0 Å². The van der Waals surface area contributed by atoms with Gasteiger partial charge in [-0.2, -0.15) is 0 Å². The molecule has 2 unspecified atom stereocenters. The Labute approximate surface area is 114 Å². The third-order valence-electron chi connectivity index (χ3n) is 4.29. The number of nitrogens with zero attached hydrogens (tertiary/aromatic N) is 2. The van der Waals surface area contributed by atoms with E-state index < -0.39 is 0 Å². The van der Waals surface area contributed by atoms with Crippen LogP contribution in [0.4, 0.5) is 0 Å². The van der Waals surface area contributed by atoms with Crippen LogP contribution in [0.2, 0.25) is 0 Å². The molecule has 0 aromatic heterocycles. The van der Waals surface area contributed by atoms with Gasteiger partial charge in [0.2, 0.25) is 5.91 Å². The zero-order valence-corrected chi connectivity index (χ0v) is 11.9. The van der Waals surface area contributed by atoms with Gasteiger partial charge in [0, 0.05) is 13.1 Å². The van der Waals surface area contributed by atoms with Crippen molar-refractivity contribution in [1.29, 1.82) is 0 Å². The Balaban J connectivity index is 2.03. The van der Waals surface area contributed by atoms with Crippen molar-refractivity contribution in [3.05, 3.63) is 0 Å². The molecule has 2 atom stereocenters. The van der Waals surface area contributed by atoms with Crippen molar-refractivity contribution >= 4 is 11.9 Å². The number of rotatable bonds is 3. The van der Waals surface area contributed by atoms with E-state index in [0.29, 0.717) is 0 Å². The zero-order chi connectivity index (χ0) is 13.8. The molecule has 0 spiro atoms. The molecule has 19 heavy (non-hydrogen) atoms. The maximum atomic E-state index is 12.4. The number of hydrogen-bond acceptors (Lipinski definition) is 4. The second-order valence-electron chi connectivity index (χ2n) is 5.48. The third kappa shape index (κ3) is 3.08. The minimum Gasteiger partial charge on any atom is -0.468 e. The summed E-state index contributed by atoms with van der Waals surface area (Å²) in [7, 11) is 1.42. The minimum atomic E-state index is -0.250. The standard InChI is InChI=1S/C14H24N2O3/c1-11(13(17)15-8-5-6-9-15)16-10-4-3-7-12(16)14(18)19-2/h11-12H,3-10H2,1-2H3. The number of amides is 1. The Morgan fingerprint density at radius 2 is 1.74 bits per heavy atom. The number of likely N-dealkylation sites (tertiary alicyclic amines) is 2. The fraction of sp³-hybridized carbons (Fsp3) is 0.857. The second kappa shape index (κ2) is 6.37. The third-order valence-corrected chi connectivity index (χ3v) is 4.29. The van der Waals surface area contributed by atoms with Gasteiger partial charge in [-0.15, -0.1) is 0 Å². The van der Waals surface area contributed by atoms with Crippen LogP contribution in [-0.4, -0.2) is 60.5 Å². The molecule has 0 aliphatic carbocycles. The van der Waals surface area contributed by atoms with Gasteiger partial charge in [0.1, 0.15) is 6.04 Å². The maximum Gasteiger partial charge on any atom is 0.323 e. The summed E-state index contributed by atoms with van der Waals surface area (Å²) in [5.41, 5.74) is 0. The summed E-state index contributed by atoms with van der Waals surface area (Å²) in [6, 6.07) is -0.470. The van der Waals surface area contributed by atoms with Crippen LogP contribution < -0.4 is 0 Å². The molecule has 5 heteroatoms. The molecular formula is C14H24N2O3. The van der Waals surface area contributed by atoms with Crippen LogP contribution in [0.25, 0.3) is 0 Å². The molecule has 0 N–H and O–H groups in total. The van der Waals surface area contributed by atoms with Gasteiger partial charge in [0.15, 0.2) is 0 Å². The largest absolute Gasteiger partial charge is 0.468 e. The van der Waals surface area contributed by atoms with Crippen molar-refractivity contribution in [2.45, 2.75) is 51.1 Å². The zero-order valence-electron chi connectivity index (χ0n) is 11.9. The molecule has 0 saturated carbocycles. The molecule has 2 fully saturated rings. The molecule has 0 bridgehead atoms. The molecule has 2 aliphatic rings. The van der Waals surface area contributed by atoms with Gasteiger partial charge in [0.25, 0.3) is 0 Å². The van der Waals surface area contributed by atoms with E-state index in [0.717, 1.165) is 51.7 Å². The number of piperidine rings is 1. The predicted octanol–water partition coefficient (Wildman–Crippen LogP) is 1.02. The Bertz CT molecular complexity index is 340. The van der Waals surface area contributed by atoms with E-state index in [1.54, 1.807) is 0 Å². The first-order valence-corrected chi connectivity index (χ1v) is 7.27. The average Bonchev–Trinajstić information content (AvgIpc) is 2.99. The van der Waals surface area contributed by atoms with Crippen LogP contribution in [0.15, 0.2) is 0 Å². The van der Waals surface area contributed by atoms with Crippen LogP contribution in [0.5, 0.6) is 0 Å². The fourth-order valence-corrected chi connectivity index (χ4v) is 3.15. The number of carbonyl (C=O) groups is 2. The Hall–Kier alpha value is -1.10. The summed E-state index contributed by atoms with van der Waals surface area (Å²) in [5.74, 6) is -0.0472. The minimum absolute atomic E-state index is 0.160. The molecule has 1 amide bonds. The van der Waals surface area contributed by atoms with Crippen molar-refractivity contribution in [2.24, 2.45) is 0 Å². The number of methoxy groups -OCH3 is 1. The van der Waals surface area contributed by atoms with Crippen LogP contribution >= 0.6 is 0 Å². The van der Waals surface area contributed by atoms with Gasteiger partial charge in [0.05, 0.1) is 13.2 Å².